The lowest BCUT2D eigenvalue weighted by Crippen LogP contribution is -2.35. The van der Waals surface area contributed by atoms with Gasteiger partial charge in [0.05, 0.1) is 6.10 Å². The van der Waals surface area contributed by atoms with E-state index in [2.05, 4.69) is 6.92 Å². The Labute approximate surface area is 120 Å². The molecule has 2 rings (SSSR count). The van der Waals surface area contributed by atoms with Gasteiger partial charge in [0.15, 0.2) is 0 Å². The third-order valence-corrected chi connectivity index (χ3v) is 3.96. The molecule has 0 bridgehead atoms. The number of nitrogens with two attached hydrogens (primary N) is 1. The van der Waals surface area contributed by atoms with Crippen molar-refractivity contribution in [2.24, 2.45) is 5.73 Å². The number of aliphatic hydroxyl groups is 1. The van der Waals surface area contributed by atoms with Crippen molar-refractivity contribution in [3.8, 4) is 0 Å². The fourth-order valence-electron chi connectivity index (χ4n) is 2.89. The molecule has 0 aromatic heterocycles. The second-order valence-corrected chi connectivity index (χ2v) is 5.51. The Morgan fingerprint density at radius 2 is 2.30 bits per heavy atom. The van der Waals surface area contributed by atoms with Gasteiger partial charge in [-0.2, -0.15) is 0 Å². The van der Waals surface area contributed by atoms with Gasteiger partial charge in [0.25, 0.3) is 0 Å². The van der Waals surface area contributed by atoms with E-state index in [0.29, 0.717) is 19.4 Å². The molecule has 1 aliphatic heterocycles. The number of fused-ring (bicyclic) bond motifs is 1. The van der Waals surface area contributed by atoms with E-state index < -0.39 is 6.10 Å². The number of hydrogen-bond donors (Lipinski definition) is 2. The van der Waals surface area contributed by atoms with Gasteiger partial charge in [-0.25, -0.2) is 0 Å². The van der Waals surface area contributed by atoms with Crippen LogP contribution in [-0.4, -0.2) is 23.6 Å². The molecular weight excluding hydrogens is 252 g/mol. The third-order valence-electron chi connectivity index (χ3n) is 3.96. The molecule has 0 saturated carbocycles. The predicted molar refractivity (Wildman–Crippen MR) is 80.6 cm³/mol. The maximum atomic E-state index is 12.0. The van der Waals surface area contributed by atoms with Crippen LogP contribution in [0.15, 0.2) is 18.2 Å². The first-order valence-corrected chi connectivity index (χ1v) is 7.41. The van der Waals surface area contributed by atoms with E-state index >= 15 is 0 Å². The van der Waals surface area contributed by atoms with Gasteiger partial charge in [-0.05, 0) is 49.9 Å². The molecule has 0 fully saturated rings. The van der Waals surface area contributed by atoms with Crippen LogP contribution in [0.25, 0.3) is 0 Å². The number of aliphatic hydroxyl groups excluding tert-OH is 1. The van der Waals surface area contributed by atoms with E-state index in [1.165, 1.54) is 0 Å². The molecule has 1 aromatic carbocycles. The van der Waals surface area contributed by atoms with Crippen molar-refractivity contribution >= 4 is 11.6 Å². The monoisotopic (exact) mass is 276 g/mol. The quantitative estimate of drug-likeness (QED) is 0.866. The molecule has 0 saturated heterocycles. The number of anilines is 1. The Bertz CT molecular complexity index is 487. The minimum Gasteiger partial charge on any atom is -0.388 e. The number of rotatable bonds is 5. The van der Waals surface area contributed by atoms with Crippen LogP contribution in [0.5, 0.6) is 0 Å². The third kappa shape index (κ3) is 2.86. The summed E-state index contributed by atoms with van der Waals surface area (Å²) in [6.45, 7) is 4.55. The lowest BCUT2D eigenvalue weighted by molar-refractivity contribution is -0.118. The first-order valence-electron chi connectivity index (χ1n) is 7.41. The van der Waals surface area contributed by atoms with Crippen LogP contribution < -0.4 is 10.6 Å². The van der Waals surface area contributed by atoms with Crippen molar-refractivity contribution in [1.29, 1.82) is 0 Å². The van der Waals surface area contributed by atoms with Crippen LogP contribution in [0.4, 0.5) is 5.69 Å². The van der Waals surface area contributed by atoms with E-state index in [9.17, 15) is 9.90 Å². The fraction of sp³-hybridized carbons (Fsp3) is 0.562. The molecule has 110 valence electrons. The zero-order valence-corrected chi connectivity index (χ0v) is 12.3. The highest BCUT2D eigenvalue weighted by Crippen LogP contribution is 2.35. The van der Waals surface area contributed by atoms with Crippen molar-refractivity contribution in [2.45, 2.75) is 51.7 Å². The predicted octanol–water partition coefficient (Wildman–Crippen LogP) is 2.15. The molecule has 1 aliphatic rings. The van der Waals surface area contributed by atoms with Crippen molar-refractivity contribution < 1.29 is 9.90 Å². The largest absolute Gasteiger partial charge is 0.388 e. The Morgan fingerprint density at radius 1 is 1.55 bits per heavy atom. The summed E-state index contributed by atoms with van der Waals surface area (Å²) in [4.78, 5) is 13.9. The fourth-order valence-corrected chi connectivity index (χ4v) is 2.89. The van der Waals surface area contributed by atoms with Gasteiger partial charge in [-0.15, -0.1) is 0 Å². The van der Waals surface area contributed by atoms with Crippen molar-refractivity contribution in [3.63, 3.8) is 0 Å². The zero-order valence-electron chi connectivity index (χ0n) is 12.3. The summed E-state index contributed by atoms with van der Waals surface area (Å²) in [5.41, 5.74) is 8.56. The van der Waals surface area contributed by atoms with Crippen LogP contribution in [0.2, 0.25) is 0 Å². The molecule has 0 radical (unpaired) electrons. The number of hydrogen-bond acceptors (Lipinski definition) is 3. The molecule has 0 aliphatic carbocycles. The second kappa shape index (κ2) is 6.37. The smallest absolute Gasteiger partial charge is 0.226 e. The van der Waals surface area contributed by atoms with Gasteiger partial charge < -0.3 is 15.7 Å². The van der Waals surface area contributed by atoms with Gasteiger partial charge in [0.1, 0.15) is 0 Å². The molecule has 4 heteroatoms. The van der Waals surface area contributed by atoms with E-state index in [4.69, 9.17) is 5.73 Å². The Kier molecular flexibility index (Phi) is 4.78. The van der Waals surface area contributed by atoms with Gasteiger partial charge in [0.2, 0.25) is 5.91 Å². The van der Waals surface area contributed by atoms with E-state index in [-0.39, 0.29) is 11.9 Å². The maximum absolute atomic E-state index is 12.0. The highest BCUT2D eigenvalue weighted by Gasteiger charge is 2.30. The van der Waals surface area contributed by atoms with E-state index in [1.54, 1.807) is 0 Å². The normalized spacial score (nSPS) is 19.0. The minimum atomic E-state index is -0.463. The van der Waals surface area contributed by atoms with Crippen LogP contribution in [0.1, 0.15) is 50.3 Å². The van der Waals surface area contributed by atoms with Crippen LogP contribution in [-0.2, 0) is 11.2 Å². The standard InChI is InChI=1S/C16H24N2O2/c1-3-16(20)18-11(2)9-13-10-12(6-7-14(13)18)15(19)5-4-8-17/h6-7,10-11,15,19H,3-5,8-9,17H2,1-2H3. The van der Waals surface area contributed by atoms with Crippen LogP contribution in [0.3, 0.4) is 0 Å². The Balaban J connectivity index is 2.22. The molecule has 1 aromatic rings. The lowest BCUT2D eigenvalue weighted by atomic mass is 10.0. The van der Waals surface area contributed by atoms with Gasteiger partial charge >= 0.3 is 0 Å². The topological polar surface area (TPSA) is 66.6 Å². The minimum absolute atomic E-state index is 0.160. The molecule has 1 heterocycles. The average molecular weight is 276 g/mol. The van der Waals surface area contributed by atoms with Crippen LogP contribution >= 0.6 is 0 Å². The van der Waals surface area contributed by atoms with E-state index in [1.807, 2.05) is 30.0 Å². The lowest BCUT2D eigenvalue weighted by Gasteiger charge is -2.22. The first-order chi connectivity index (χ1) is 9.58. The number of carbonyl (C=O) groups is 1. The Hall–Kier alpha value is -1.39. The molecular formula is C16H24N2O2. The number of amides is 1. The summed E-state index contributed by atoms with van der Waals surface area (Å²) in [7, 11) is 0. The van der Waals surface area contributed by atoms with Crippen molar-refractivity contribution in [3.05, 3.63) is 29.3 Å². The summed E-state index contributed by atoms with van der Waals surface area (Å²) in [5.74, 6) is 0.160. The van der Waals surface area contributed by atoms with Gasteiger partial charge in [-0.1, -0.05) is 19.1 Å². The molecule has 3 N–H and O–H groups in total. The molecule has 20 heavy (non-hydrogen) atoms. The zero-order chi connectivity index (χ0) is 14.7. The van der Waals surface area contributed by atoms with Gasteiger partial charge in [0, 0.05) is 18.2 Å². The summed E-state index contributed by atoms with van der Waals surface area (Å²) in [6.07, 6.45) is 2.41. The molecule has 1 amide bonds. The average Bonchev–Trinajstić information content (AvgIpc) is 2.78. The van der Waals surface area contributed by atoms with Crippen molar-refractivity contribution in [1.82, 2.24) is 0 Å². The molecule has 2 unspecified atom stereocenters. The number of nitrogens with zero attached hydrogens (tertiary/aromatic N) is 1. The van der Waals surface area contributed by atoms with Crippen molar-refractivity contribution in [2.75, 3.05) is 11.4 Å². The summed E-state index contributed by atoms with van der Waals surface area (Å²) in [6, 6.07) is 6.13. The summed E-state index contributed by atoms with van der Waals surface area (Å²) in [5, 5.41) is 10.1. The second-order valence-electron chi connectivity index (χ2n) is 5.51. The number of carbonyl (C=O) groups excluding carboxylic acids is 1. The van der Waals surface area contributed by atoms with E-state index in [0.717, 1.165) is 29.7 Å². The SMILES string of the molecule is CCC(=O)N1c2ccc(C(O)CCCN)cc2CC1C. The first kappa shape index (κ1) is 15.0. The molecule has 2 atom stereocenters. The van der Waals surface area contributed by atoms with Crippen LogP contribution in [0, 0.1) is 0 Å². The summed E-state index contributed by atoms with van der Waals surface area (Å²) < 4.78 is 0. The van der Waals surface area contributed by atoms with Gasteiger partial charge in [-0.3, -0.25) is 4.79 Å². The highest BCUT2D eigenvalue weighted by molar-refractivity contribution is 5.96. The maximum Gasteiger partial charge on any atom is 0.226 e. The highest BCUT2D eigenvalue weighted by atomic mass is 16.3. The number of benzene rings is 1. The molecule has 4 nitrogen and oxygen atoms in total. The summed E-state index contributed by atoms with van der Waals surface area (Å²) >= 11 is 0. The Morgan fingerprint density at radius 3 is 2.95 bits per heavy atom. The molecule has 0 spiro atoms.